The van der Waals surface area contributed by atoms with Crippen LogP contribution in [0.2, 0.25) is 0 Å². The fraction of sp³-hybridized carbons (Fsp3) is 0.207. The van der Waals surface area contributed by atoms with E-state index in [0.717, 1.165) is 35.3 Å². The summed E-state index contributed by atoms with van der Waals surface area (Å²) in [5.41, 5.74) is 4.91. The van der Waals surface area contributed by atoms with E-state index in [9.17, 15) is 9.59 Å². The first-order valence-corrected chi connectivity index (χ1v) is 12.1. The smallest absolute Gasteiger partial charge is 0.253 e. The molecule has 1 aliphatic carbocycles. The van der Waals surface area contributed by atoms with Gasteiger partial charge in [0.1, 0.15) is 0 Å². The minimum Gasteiger partial charge on any atom is -0.349 e. The Morgan fingerprint density at radius 3 is 2.33 bits per heavy atom. The molecule has 0 unspecified atom stereocenters. The third-order valence-electron chi connectivity index (χ3n) is 6.07. The summed E-state index contributed by atoms with van der Waals surface area (Å²) in [7, 11) is 1.90. The zero-order chi connectivity index (χ0) is 24.9. The Morgan fingerprint density at radius 1 is 0.944 bits per heavy atom. The minimum absolute atomic E-state index is 0.150. The van der Waals surface area contributed by atoms with Crippen molar-refractivity contribution >= 4 is 17.5 Å². The molecule has 2 amide bonds. The van der Waals surface area contributed by atoms with Crippen molar-refractivity contribution in [1.82, 2.24) is 20.0 Å². The van der Waals surface area contributed by atoms with Gasteiger partial charge in [0.05, 0.1) is 29.2 Å². The number of benzene rings is 3. The lowest BCUT2D eigenvalue weighted by atomic mass is 10.1. The van der Waals surface area contributed by atoms with Gasteiger partial charge in [0.25, 0.3) is 5.91 Å². The van der Waals surface area contributed by atoms with Gasteiger partial charge in [0, 0.05) is 29.9 Å². The third-order valence-corrected chi connectivity index (χ3v) is 6.07. The highest BCUT2D eigenvalue weighted by atomic mass is 16.2. The highest BCUT2D eigenvalue weighted by molar-refractivity contribution is 6.04. The molecule has 2 N–H and O–H groups in total. The summed E-state index contributed by atoms with van der Waals surface area (Å²) in [5.74, 6) is -0.330. The van der Waals surface area contributed by atoms with Gasteiger partial charge in [0.2, 0.25) is 5.91 Å². The molecule has 0 spiro atoms. The van der Waals surface area contributed by atoms with Crippen molar-refractivity contribution in [2.75, 3.05) is 18.9 Å². The first kappa shape index (κ1) is 23.5. The van der Waals surface area contributed by atoms with E-state index in [1.165, 1.54) is 0 Å². The topological polar surface area (TPSA) is 79.3 Å². The number of rotatable bonds is 9. The molecule has 3 aromatic carbocycles. The van der Waals surface area contributed by atoms with Crippen LogP contribution in [-0.4, -0.2) is 46.1 Å². The molecule has 0 atom stereocenters. The Balaban J connectivity index is 1.30. The van der Waals surface area contributed by atoms with Gasteiger partial charge >= 0.3 is 0 Å². The fourth-order valence-electron chi connectivity index (χ4n) is 4.14. The molecule has 0 radical (unpaired) electrons. The van der Waals surface area contributed by atoms with Gasteiger partial charge in [-0.05, 0) is 44.2 Å². The molecule has 0 aliphatic heterocycles. The van der Waals surface area contributed by atoms with E-state index in [1.54, 1.807) is 18.2 Å². The molecule has 1 heterocycles. The molecule has 1 fully saturated rings. The number of hydrogen-bond acceptors (Lipinski definition) is 4. The summed E-state index contributed by atoms with van der Waals surface area (Å²) >= 11 is 0. The molecule has 7 heteroatoms. The molecule has 1 aromatic heterocycles. The molecular weight excluding hydrogens is 450 g/mol. The Bertz CT molecular complexity index is 1350. The van der Waals surface area contributed by atoms with Crippen molar-refractivity contribution in [1.29, 1.82) is 0 Å². The van der Waals surface area contributed by atoms with Crippen LogP contribution in [-0.2, 0) is 11.3 Å². The lowest BCUT2D eigenvalue weighted by molar-refractivity contribution is -0.117. The van der Waals surface area contributed by atoms with Crippen LogP contribution in [0.25, 0.3) is 16.9 Å². The molecule has 36 heavy (non-hydrogen) atoms. The highest BCUT2D eigenvalue weighted by Gasteiger charge is 2.25. The number of carbonyl (C=O) groups excluding carboxylic acids is 2. The van der Waals surface area contributed by atoms with Crippen LogP contribution < -0.4 is 10.6 Å². The van der Waals surface area contributed by atoms with E-state index in [1.807, 2.05) is 89.6 Å². The van der Waals surface area contributed by atoms with E-state index in [2.05, 4.69) is 10.6 Å². The average molecular weight is 480 g/mol. The monoisotopic (exact) mass is 479 g/mol. The minimum atomic E-state index is -0.180. The molecule has 1 saturated carbocycles. The summed E-state index contributed by atoms with van der Waals surface area (Å²) in [6, 6.07) is 27.4. The van der Waals surface area contributed by atoms with Gasteiger partial charge in [-0.25, -0.2) is 4.68 Å². The normalized spacial score (nSPS) is 12.9. The van der Waals surface area contributed by atoms with Gasteiger partial charge in [-0.15, -0.1) is 0 Å². The van der Waals surface area contributed by atoms with Crippen molar-refractivity contribution in [3.05, 3.63) is 102 Å². The van der Waals surface area contributed by atoms with Crippen LogP contribution >= 0.6 is 0 Å². The summed E-state index contributed by atoms with van der Waals surface area (Å²) in [6.07, 6.45) is 4.04. The maximum absolute atomic E-state index is 12.9. The van der Waals surface area contributed by atoms with Gasteiger partial charge in [-0.3, -0.25) is 14.5 Å². The molecule has 0 saturated heterocycles. The van der Waals surface area contributed by atoms with Crippen LogP contribution in [0.3, 0.4) is 0 Å². The van der Waals surface area contributed by atoms with Crippen LogP contribution in [0.15, 0.2) is 91.1 Å². The molecule has 0 bridgehead atoms. The van der Waals surface area contributed by atoms with E-state index < -0.39 is 0 Å². The molecule has 182 valence electrons. The second kappa shape index (κ2) is 10.6. The highest BCUT2D eigenvalue weighted by Crippen LogP contribution is 2.25. The number of para-hydroxylation sites is 2. The Morgan fingerprint density at radius 2 is 1.61 bits per heavy atom. The molecule has 1 aliphatic rings. The molecular formula is C29H29N5O2. The average Bonchev–Trinajstić information content (AvgIpc) is 3.61. The number of aromatic nitrogens is 2. The molecule has 5 rings (SSSR count). The summed E-state index contributed by atoms with van der Waals surface area (Å²) in [6.45, 7) is 0.706. The van der Waals surface area contributed by atoms with Crippen molar-refractivity contribution < 1.29 is 9.59 Å². The molecule has 4 aromatic rings. The number of anilines is 1. The predicted molar refractivity (Wildman–Crippen MR) is 141 cm³/mol. The number of amides is 2. The van der Waals surface area contributed by atoms with Crippen LogP contribution in [0.4, 0.5) is 5.69 Å². The van der Waals surface area contributed by atoms with E-state index in [-0.39, 0.29) is 24.4 Å². The lowest BCUT2D eigenvalue weighted by Crippen LogP contribution is -2.31. The van der Waals surface area contributed by atoms with E-state index >= 15 is 0 Å². The van der Waals surface area contributed by atoms with Crippen molar-refractivity contribution in [2.24, 2.45) is 0 Å². The zero-order valence-electron chi connectivity index (χ0n) is 20.2. The Kier molecular flexibility index (Phi) is 6.91. The van der Waals surface area contributed by atoms with Gasteiger partial charge in [0.15, 0.2) is 0 Å². The summed E-state index contributed by atoms with van der Waals surface area (Å²) in [4.78, 5) is 27.4. The predicted octanol–water partition coefficient (Wildman–Crippen LogP) is 4.50. The Hall–Kier alpha value is -4.23. The first-order valence-electron chi connectivity index (χ1n) is 12.1. The second-order valence-electron chi connectivity index (χ2n) is 9.16. The number of carbonyl (C=O) groups is 2. The number of nitrogens with zero attached hydrogens (tertiary/aromatic N) is 3. The lowest BCUT2D eigenvalue weighted by Gasteiger charge is -2.17. The number of likely N-dealkylation sites (N-methyl/N-ethyl adjacent to an activating group) is 1. The maximum Gasteiger partial charge on any atom is 0.253 e. The Labute approximate surface area is 210 Å². The van der Waals surface area contributed by atoms with Gasteiger partial charge in [-0.1, -0.05) is 60.7 Å². The van der Waals surface area contributed by atoms with Gasteiger partial charge < -0.3 is 10.6 Å². The van der Waals surface area contributed by atoms with Crippen LogP contribution in [0.1, 0.15) is 28.8 Å². The number of nitrogens with one attached hydrogen (secondary N) is 2. The summed E-state index contributed by atoms with van der Waals surface area (Å²) < 4.78 is 1.88. The van der Waals surface area contributed by atoms with Crippen molar-refractivity contribution in [2.45, 2.75) is 25.4 Å². The van der Waals surface area contributed by atoms with Gasteiger partial charge in [-0.2, -0.15) is 5.10 Å². The third kappa shape index (κ3) is 5.70. The van der Waals surface area contributed by atoms with E-state index in [0.29, 0.717) is 17.8 Å². The number of hydrogen-bond donors (Lipinski definition) is 2. The van der Waals surface area contributed by atoms with Crippen molar-refractivity contribution in [3.8, 4) is 16.9 Å². The largest absolute Gasteiger partial charge is 0.349 e. The summed E-state index contributed by atoms with van der Waals surface area (Å²) in [5, 5.41) is 10.8. The quantitative estimate of drug-likeness (QED) is 0.370. The fourth-order valence-corrected chi connectivity index (χ4v) is 4.14. The standard InChI is InChI=1S/C29H29N5O2/c1-33(20-27(35)31-26-15-9-8-14-25(26)29(36)30-23-16-17-23)18-22-19-34(24-12-6-3-7-13-24)32-28(22)21-10-4-2-5-11-21/h2-15,19,23H,16-18,20H2,1H3,(H,30,36)(H,31,35). The maximum atomic E-state index is 12.9. The first-order chi connectivity index (χ1) is 17.6. The molecule has 7 nitrogen and oxygen atoms in total. The SMILES string of the molecule is CN(CC(=O)Nc1ccccc1C(=O)NC1CC1)Cc1cn(-c2ccccc2)nc1-c1ccccc1. The van der Waals surface area contributed by atoms with Crippen LogP contribution in [0.5, 0.6) is 0 Å². The second-order valence-corrected chi connectivity index (χ2v) is 9.16. The van der Waals surface area contributed by atoms with E-state index in [4.69, 9.17) is 5.10 Å². The van der Waals surface area contributed by atoms with Crippen LogP contribution in [0, 0.1) is 0 Å². The van der Waals surface area contributed by atoms with Crippen molar-refractivity contribution in [3.63, 3.8) is 0 Å². The zero-order valence-corrected chi connectivity index (χ0v) is 20.2.